The average molecular weight is 345 g/mol. The molecular formula is C21H15NO4. The van der Waals surface area contributed by atoms with Crippen molar-refractivity contribution < 1.29 is 18.7 Å². The second-order valence-electron chi connectivity index (χ2n) is 5.80. The maximum absolute atomic E-state index is 12.1. The quantitative estimate of drug-likeness (QED) is 0.557. The number of carbonyl (C=O) groups is 2. The molecule has 128 valence electrons. The van der Waals surface area contributed by atoms with E-state index in [1.165, 1.54) is 0 Å². The van der Waals surface area contributed by atoms with Crippen molar-refractivity contribution in [2.75, 3.05) is 11.9 Å². The van der Waals surface area contributed by atoms with E-state index in [1.807, 2.05) is 54.6 Å². The summed E-state index contributed by atoms with van der Waals surface area (Å²) < 4.78 is 10.5. The Hall–Kier alpha value is -3.60. The lowest BCUT2D eigenvalue weighted by atomic mass is 10.1. The number of ether oxygens (including phenoxy) is 1. The van der Waals surface area contributed by atoms with Crippen LogP contribution in [0.2, 0.25) is 0 Å². The van der Waals surface area contributed by atoms with Gasteiger partial charge in [-0.15, -0.1) is 0 Å². The third-order valence-corrected chi connectivity index (χ3v) is 4.02. The van der Waals surface area contributed by atoms with E-state index in [-0.39, 0.29) is 12.4 Å². The lowest BCUT2D eigenvalue weighted by Crippen LogP contribution is -2.20. The SMILES string of the molecule is O=C(COC(=O)c1cc2ccccc2o1)Nc1cccc2ccccc12. The van der Waals surface area contributed by atoms with Crippen molar-refractivity contribution in [3.63, 3.8) is 0 Å². The number of amides is 1. The molecule has 1 aromatic heterocycles. The summed E-state index contributed by atoms with van der Waals surface area (Å²) >= 11 is 0. The van der Waals surface area contributed by atoms with Crippen LogP contribution < -0.4 is 5.32 Å². The summed E-state index contributed by atoms with van der Waals surface area (Å²) in [6.07, 6.45) is 0. The van der Waals surface area contributed by atoms with E-state index in [0.29, 0.717) is 11.3 Å². The Kier molecular flexibility index (Phi) is 4.11. The van der Waals surface area contributed by atoms with Crippen LogP contribution in [0.3, 0.4) is 0 Å². The summed E-state index contributed by atoms with van der Waals surface area (Å²) in [5, 5.41) is 5.52. The van der Waals surface area contributed by atoms with Crippen LogP contribution in [0.1, 0.15) is 10.6 Å². The summed E-state index contributed by atoms with van der Waals surface area (Å²) in [6, 6.07) is 22.2. The number of rotatable bonds is 4. The van der Waals surface area contributed by atoms with Crippen LogP contribution in [0.25, 0.3) is 21.7 Å². The van der Waals surface area contributed by atoms with Gasteiger partial charge in [0.25, 0.3) is 5.91 Å². The molecule has 1 amide bonds. The minimum absolute atomic E-state index is 0.0733. The van der Waals surface area contributed by atoms with Crippen molar-refractivity contribution in [2.45, 2.75) is 0 Å². The van der Waals surface area contributed by atoms with Gasteiger partial charge in [-0.25, -0.2) is 4.79 Å². The van der Waals surface area contributed by atoms with Gasteiger partial charge in [0.15, 0.2) is 6.61 Å². The molecule has 0 saturated heterocycles. The molecule has 1 N–H and O–H groups in total. The third-order valence-electron chi connectivity index (χ3n) is 4.02. The van der Waals surface area contributed by atoms with Crippen LogP contribution in [0, 0.1) is 0 Å². The van der Waals surface area contributed by atoms with Crippen LogP contribution in [0.5, 0.6) is 0 Å². The summed E-state index contributed by atoms with van der Waals surface area (Å²) in [6.45, 7) is -0.390. The molecule has 3 aromatic carbocycles. The van der Waals surface area contributed by atoms with Gasteiger partial charge in [0, 0.05) is 16.5 Å². The fourth-order valence-electron chi connectivity index (χ4n) is 2.81. The molecule has 0 aliphatic heterocycles. The standard InChI is InChI=1S/C21H15NO4/c23-20(22-17-10-5-8-14-6-1-3-9-16(14)17)13-25-21(24)19-12-15-7-2-4-11-18(15)26-19/h1-12H,13H2,(H,22,23). The molecule has 0 atom stereocenters. The molecule has 0 fully saturated rings. The van der Waals surface area contributed by atoms with E-state index >= 15 is 0 Å². The molecule has 0 aliphatic carbocycles. The Bertz CT molecular complexity index is 1070. The van der Waals surface area contributed by atoms with Crippen LogP contribution in [0.4, 0.5) is 5.69 Å². The van der Waals surface area contributed by atoms with E-state index in [0.717, 1.165) is 16.2 Å². The highest BCUT2D eigenvalue weighted by molar-refractivity contribution is 6.03. The summed E-state index contributed by atoms with van der Waals surface area (Å²) in [5.41, 5.74) is 1.27. The highest BCUT2D eigenvalue weighted by Crippen LogP contribution is 2.23. The Morgan fingerprint density at radius 2 is 1.62 bits per heavy atom. The lowest BCUT2D eigenvalue weighted by molar-refractivity contribution is -0.119. The number of hydrogen-bond donors (Lipinski definition) is 1. The van der Waals surface area contributed by atoms with Crippen molar-refractivity contribution in [1.82, 2.24) is 0 Å². The number of nitrogens with one attached hydrogen (secondary N) is 1. The van der Waals surface area contributed by atoms with Gasteiger partial charge in [0.1, 0.15) is 5.58 Å². The Morgan fingerprint density at radius 3 is 2.46 bits per heavy atom. The monoisotopic (exact) mass is 345 g/mol. The maximum atomic E-state index is 12.1. The van der Waals surface area contributed by atoms with Crippen molar-refractivity contribution in [2.24, 2.45) is 0 Å². The largest absolute Gasteiger partial charge is 0.450 e. The van der Waals surface area contributed by atoms with Gasteiger partial charge >= 0.3 is 5.97 Å². The molecule has 0 unspecified atom stereocenters. The van der Waals surface area contributed by atoms with Gasteiger partial charge in [-0.1, -0.05) is 54.6 Å². The van der Waals surface area contributed by atoms with E-state index in [9.17, 15) is 9.59 Å². The Balaban J connectivity index is 1.42. The summed E-state index contributed by atoms with van der Waals surface area (Å²) in [7, 11) is 0. The normalized spacial score (nSPS) is 10.8. The van der Waals surface area contributed by atoms with Crippen LogP contribution >= 0.6 is 0 Å². The lowest BCUT2D eigenvalue weighted by Gasteiger charge is -2.08. The molecule has 0 saturated carbocycles. The molecule has 26 heavy (non-hydrogen) atoms. The number of furan rings is 1. The fraction of sp³-hybridized carbons (Fsp3) is 0.0476. The van der Waals surface area contributed by atoms with Crippen molar-refractivity contribution >= 4 is 39.3 Å². The van der Waals surface area contributed by atoms with Crippen molar-refractivity contribution in [3.05, 3.63) is 78.6 Å². The molecule has 0 radical (unpaired) electrons. The first kappa shape index (κ1) is 15.9. The highest BCUT2D eigenvalue weighted by Gasteiger charge is 2.15. The second-order valence-corrected chi connectivity index (χ2v) is 5.80. The molecular weight excluding hydrogens is 330 g/mol. The molecule has 4 rings (SSSR count). The smallest absolute Gasteiger partial charge is 0.374 e. The van der Waals surface area contributed by atoms with Crippen LogP contribution in [-0.4, -0.2) is 18.5 Å². The zero-order valence-corrected chi connectivity index (χ0v) is 13.8. The summed E-state index contributed by atoms with van der Waals surface area (Å²) in [5.74, 6) is -1.01. The zero-order chi connectivity index (χ0) is 17.9. The van der Waals surface area contributed by atoms with E-state index in [4.69, 9.17) is 9.15 Å². The molecule has 0 aliphatic rings. The van der Waals surface area contributed by atoms with Crippen molar-refractivity contribution in [3.8, 4) is 0 Å². The number of esters is 1. The van der Waals surface area contributed by atoms with Gasteiger partial charge in [0.05, 0.1) is 0 Å². The van der Waals surface area contributed by atoms with Gasteiger partial charge < -0.3 is 14.5 Å². The zero-order valence-electron chi connectivity index (χ0n) is 13.8. The topological polar surface area (TPSA) is 68.5 Å². The molecule has 1 heterocycles. The first-order valence-corrected chi connectivity index (χ1v) is 8.14. The van der Waals surface area contributed by atoms with Gasteiger partial charge in [-0.3, -0.25) is 4.79 Å². The van der Waals surface area contributed by atoms with Gasteiger partial charge in [0.2, 0.25) is 5.76 Å². The molecule has 5 heteroatoms. The van der Waals surface area contributed by atoms with Gasteiger partial charge in [-0.05, 0) is 23.6 Å². The fourth-order valence-corrected chi connectivity index (χ4v) is 2.81. The number of para-hydroxylation sites is 1. The van der Waals surface area contributed by atoms with Crippen LogP contribution in [-0.2, 0) is 9.53 Å². The Labute approximate surface area is 149 Å². The highest BCUT2D eigenvalue weighted by atomic mass is 16.5. The van der Waals surface area contributed by atoms with E-state index < -0.39 is 11.9 Å². The molecule has 4 aromatic rings. The maximum Gasteiger partial charge on any atom is 0.374 e. The number of hydrogen-bond acceptors (Lipinski definition) is 4. The minimum Gasteiger partial charge on any atom is -0.450 e. The molecule has 0 spiro atoms. The second kappa shape index (κ2) is 6.72. The predicted molar refractivity (Wildman–Crippen MR) is 99.1 cm³/mol. The third kappa shape index (κ3) is 3.15. The van der Waals surface area contributed by atoms with E-state index in [1.54, 1.807) is 18.2 Å². The Morgan fingerprint density at radius 1 is 0.885 bits per heavy atom. The first-order valence-electron chi connectivity index (χ1n) is 8.14. The number of benzene rings is 3. The first-order chi connectivity index (χ1) is 12.7. The van der Waals surface area contributed by atoms with Crippen LogP contribution in [0.15, 0.2) is 77.2 Å². The summed E-state index contributed by atoms with van der Waals surface area (Å²) in [4.78, 5) is 24.2. The van der Waals surface area contributed by atoms with Gasteiger partial charge in [-0.2, -0.15) is 0 Å². The molecule has 5 nitrogen and oxygen atoms in total. The minimum atomic E-state index is -0.672. The number of anilines is 1. The predicted octanol–water partition coefficient (Wildman–Crippen LogP) is 4.38. The van der Waals surface area contributed by atoms with Crippen molar-refractivity contribution in [1.29, 1.82) is 0 Å². The van der Waals surface area contributed by atoms with E-state index in [2.05, 4.69) is 5.32 Å². The number of carbonyl (C=O) groups excluding carboxylic acids is 2. The average Bonchev–Trinajstić information content (AvgIpc) is 3.11. The number of fused-ring (bicyclic) bond motifs is 2. The molecule has 0 bridgehead atoms.